The lowest BCUT2D eigenvalue weighted by Crippen LogP contribution is -2.47. The van der Waals surface area contributed by atoms with Crippen molar-refractivity contribution in [2.24, 2.45) is 5.92 Å². The van der Waals surface area contributed by atoms with Gasteiger partial charge in [-0.2, -0.15) is 0 Å². The summed E-state index contributed by atoms with van der Waals surface area (Å²) in [4.78, 5) is 28.1. The molecule has 1 saturated carbocycles. The Morgan fingerprint density at radius 2 is 2.08 bits per heavy atom. The number of amides is 1. The minimum Gasteiger partial charge on any atom is -0.497 e. The molecule has 1 saturated heterocycles. The number of carboxylic acid groups (broad SMARTS) is 1. The molecule has 0 radical (unpaired) electrons. The molecule has 6 nitrogen and oxygen atoms in total. The molecular weight excluding hydrogens is 332 g/mol. The number of likely N-dealkylation sites (tertiary alicyclic amines) is 1. The van der Waals surface area contributed by atoms with E-state index in [4.69, 9.17) is 4.74 Å². The van der Waals surface area contributed by atoms with Crippen LogP contribution in [0.1, 0.15) is 37.7 Å². The normalized spacial score (nSPS) is 25.5. The Kier molecular flexibility index (Phi) is 5.81. The van der Waals surface area contributed by atoms with Crippen molar-refractivity contribution in [3.63, 3.8) is 0 Å². The van der Waals surface area contributed by atoms with Crippen molar-refractivity contribution in [1.82, 2.24) is 9.80 Å². The van der Waals surface area contributed by atoms with E-state index in [1.165, 1.54) is 6.42 Å². The largest absolute Gasteiger partial charge is 0.497 e. The summed E-state index contributed by atoms with van der Waals surface area (Å²) in [5.74, 6) is 0.341. The van der Waals surface area contributed by atoms with Crippen LogP contribution in [-0.4, -0.2) is 59.6 Å². The number of carbonyl (C=O) groups excluding carboxylic acids is 1. The second-order valence-corrected chi connectivity index (χ2v) is 7.48. The van der Waals surface area contributed by atoms with E-state index < -0.39 is 12.0 Å². The van der Waals surface area contributed by atoms with Gasteiger partial charge in [-0.25, -0.2) is 0 Å². The van der Waals surface area contributed by atoms with Crippen LogP contribution in [0.2, 0.25) is 0 Å². The Morgan fingerprint density at radius 3 is 2.81 bits per heavy atom. The molecule has 1 aliphatic carbocycles. The van der Waals surface area contributed by atoms with Crippen LogP contribution in [0.4, 0.5) is 0 Å². The summed E-state index contributed by atoms with van der Waals surface area (Å²) in [6.45, 7) is 0.661. The van der Waals surface area contributed by atoms with E-state index in [0.29, 0.717) is 18.9 Å². The Morgan fingerprint density at radius 1 is 1.31 bits per heavy atom. The highest BCUT2D eigenvalue weighted by Gasteiger charge is 2.45. The van der Waals surface area contributed by atoms with Crippen LogP contribution in [0.3, 0.4) is 0 Å². The standard InChI is InChI=1S/C20H28N2O4/c1-21(12-14-6-5-8-16(10-14)26-2)19(23)13-22-17-9-4-3-7-15(17)11-18(22)20(24)25/h5-6,8,10,15,17-18H,3-4,7,9,11-13H2,1-2H3,(H,24,25). The summed E-state index contributed by atoms with van der Waals surface area (Å²) in [6.07, 6.45) is 5.05. The van der Waals surface area contributed by atoms with E-state index in [2.05, 4.69) is 0 Å². The van der Waals surface area contributed by atoms with Crippen molar-refractivity contribution >= 4 is 11.9 Å². The van der Waals surface area contributed by atoms with Gasteiger partial charge < -0.3 is 14.7 Å². The predicted molar refractivity (Wildman–Crippen MR) is 98.0 cm³/mol. The number of carboxylic acids is 1. The predicted octanol–water partition coefficient (Wildman–Crippen LogP) is 2.37. The van der Waals surface area contributed by atoms with Gasteiger partial charge in [-0.05, 0) is 42.9 Å². The highest BCUT2D eigenvalue weighted by atomic mass is 16.5. The fourth-order valence-corrected chi connectivity index (χ4v) is 4.43. The number of methoxy groups -OCH3 is 1. The zero-order chi connectivity index (χ0) is 18.7. The number of fused-ring (bicyclic) bond motifs is 1. The molecule has 1 aromatic carbocycles. The SMILES string of the molecule is COc1cccc(CN(C)C(=O)CN2C(C(=O)O)CC3CCCCC32)c1. The smallest absolute Gasteiger partial charge is 0.320 e. The van der Waals surface area contributed by atoms with Gasteiger partial charge in [0.15, 0.2) is 0 Å². The lowest BCUT2D eigenvalue weighted by Gasteiger charge is -2.33. The first kappa shape index (κ1) is 18.7. The maximum absolute atomic E-state index is 12.8. The van der Waals surface area contributed by atoms with Crippen molar-refractivity contribution in [2.75, 3.05) is 20.7 Å². The summed E-state index contributed by atoms with van der Waals surface area (Å²) in [5, 5.41) is 9.59. The minimum absolute atomic E-state index is 0.0368. The van der Waals surface area contributed by atoms with E-state index in [1.807, 2.05) is 29.2 Å². The van der Waals surface area contributed by atoms with Gasteiger partial charge in [-0.3, -0.25) is 14.5 Å². The Labute approximate surface area is 154 Å². The van der Waals surface area contributed by atoms with Gasteiger partial charge in [0.1, 0.15) is 11.8 Å². The van der Waals surface area contributed by atoms with Gasteiger partial charge in [0.2, 0.25) is 5.91 Å². The second kappa shape index (κ2) is 8.08. The number of rotatable bonds is 6. The zero-order valence-corrected chi connectivity index (χ0v) is 15.6. The molecule has 2 aliphatic rings. The third-order valence-electron chi connectivity index (χ3n) is 5.80. The van der Waals surface area contributed by atoms with E-state index in [1.54, 1.807) is 19.1 Å². The summed E-state index contributed by atoms with van der Waals surface area (Å²) < 4.78 is 5.23. The van der Waals surface area contributed by atoms with E-state index >= 15 is 0 Å². The maximum atomic E-state index is 12.8. The highest BCUT2D eigenvalue weighted by Crippen LogP contribution is 2.39. The third-order valence-corrected chi connectivity index (χ3v) is 5.80. The van der Waals surface area contributed by atoms with Crippen molar-refractivity contribution in [3.05, 3.63) is 29.8 Å². The highest BCUT2D eigenvalue weighted by molar-refractivity contribution is 5.80. The van der Waals surface area contributed by atoms with Gasteiger partial charge in [0.25, 0.3) is 0 Å². The van der Waals surface area contributed by atoms with Crippen LogP contribution in [0.15, 0.2) is 24.3 Å². The fraction of sp³-hybridized carbons (Fsp3) is 0.600. The van der Waals surface area contributed by atoms with Crippen LogP contribution < -0.4 is 4.74 Å². The quantitative estimate of drug-likeness (QED) is 0.843. The number of carbonyl (C=O) groups is 2. The number of likely N-dealkylation sites (N-methyl/N-ethyl adjacent to an activating group) is 1. The van der Waals surface area contributed by atoms with Crippen molar-refractivity contribution < 1.29 is 19.4 Å². The van der Waals surface area contributed by atoms with Crippen LogP contribution in [0, 0.1) is 5.92 Å². The van der Waals surface area contributed by atoms with Gasteiger partial charge in [-0.15, -0.1) is 0 Å². The number of aliphatic carboxylic acids is 1. The lowest BCUT2D eigenvalue weighted by atomic mass is 9.85. The van der Waals surface area contributed by atoms with Gasteiger partial charge >= 0.3 is 5.97 Å². The first-order valence-electron chi connectivity index (χ1n) is 9.35. The molecule has 26 heavy (non-hydrogen) atoms. The average Bonchev–Trinajstić information content (AvgIpc) is 3.00. The van der Waals surface area contributed by atoms with Crippen molar-refractivity contribution in [3.8, 4) is 5.75 Å². The summed E-state index contributed by atoms with van der Waals surface area (Å²) in [5.41, 5.74) is 0.993. The van der Waals surface area contributed by atoms with E-state index in [9.17, 15) is 14.7 Å². The molecule has 1 amide bonds. The minimum atomic E-state index is -0.803. The van der Waals surface area contributed by atoms with E-state index in [0.717, 1.165) is 30.6 Å². The van der Waals surface area contributed by atoms with Crippen LogP contribution in [-0.2, 0) is 16.1 Å². The molecule has 0 bridgehead atoms. The summed E-state index contributed by atoms with van der Waals surface area (Å²) >= 11 is 0. The molecule has 1 aromatic rings. The number of hydrogen-bond donors (Lipinski definition) is 1. The number of benzene rings is 1. The first-order chi connectivity index (χ1) is 12.5. The number of hydrogen-bond acceptors (Lipinski definition) is 4. The molecule has 1 aliphatic heterocycles. The van der Waals surface area contributed by atoms with E-state index in [-0.39, 0.29) is 18.5 Å². The third kappa shape index (κ3) is 4.01. The zero-order valence-electron chi connectivity index (χ0n) is 15.6. The molecule has 142 valence electrons. The van der Waals surface area contributed by atoms with Gasteiger partial charge in [0.05, 0.1) is 13.7 Å². The monoisotopic (exact) mass is 360 g/mol. The van der Waals surface area contributed by atoms with Crippen LogP contribution in [0.25, 0.3) is 0 Å². The van der Waals surface area contributed by atoms with Crippen LogP contribution in [0.5, 0.6) is 5.75 Å². The molecule has 0 spiro atoms. The molecule has 0 aromatic heterocycles. The Balaban J connectivity index is 1.65. The fourth-order valence-electron chi connectivity index (χ4n) is 4.43. The number of ether oxygens (including phenoxy) is 1. The molecule has 1 heterocycles. The first-order valence-corrected chi connectivity index (χ1v) is 9.35. The topological polar surface area (TPSA) is 70.1 Å². The lowest BCUT2D eigenvalue weighted by molar-refractivity contribution is -0.144. The molecule has 3 unspecified atom stereocenters. The maximum Gasteiger partial charge on any atom is 0.320 e. The molecule has 3 atom stereocenters. The molecule has 1 N–H and O–H groups in total. The van der Waals surface area contributed by atoms with Crippen molar-refractivity contribution in [2.45, 2.75) is 50.7 Å². The number of nitrogens with zero attached hydrogens (tertiary/aromatic N) is 2. The van der Waals surface area contributed by atoms with Gasteiger partial charge in [0, 0.05) is 19.6 Å². The van der Waals surface area contributed by atoms with Crippen molar-refractivity contribution in [1.29, 1.82) is 0 Å². The summed E-state index contributed by atoms with van der Waals surface area (Å²) in [7, 11) is 3.39. The molecule has 6 heteroatoms. The van der Waals surface area contributed by atoms with Crippen LogP contribution >= 0.6 is 0 Å². The van der Waals surface area contributed by atoms with Gasteiger partial charge in [-0.1, -0.05) is 25.0 Å². The average molecular weight is 360 g/mol. The second-order valence-electron chi connectivity index (χ2n) is 7.48. The Hall–Kier alpha value is -2.08. The molecule has 3 rings (SSSR count). The molecule has 2 fully saturated rings. The summed E-state index contributed by atoms with van der Waals surface area (Å²) in [6, 6.07) is 7.35. The Bertz CT molecular complexity index is 663. The molecular formula is C20H28N2O4.